The summed E-state index contributed by atoms with van der Waals surface area (Å²) in [4.78, 5) is 2.32. The Bertz CT molecular complexity index is 481. The average molecular weight is 303 g/mol. The molecule has 15 heavy (non-hydrogen) atoms. The molecule has 0 bridgehead atoms. The molecule has 0 saturated heterocycles. The zero-order chi connectivity index (χ0) is 10.8. The molecule has 0 amide bonds. The van der Waals surface area contributed by atoms with Crippen molar-refractivity contribution in [1.82, 2.24) is 0 Å². The van der Waals surface area contributed by atoms with Gasteiger partial charge < -0.3 is 5.73 Å². The molecule has 2 rings (SSSR count). The Balaban J connectivity index is 2.48. The van der Waals surface area contributed by atoms with Gasteiger partial charge in [-0.2, -0.15) is 0 Å². The molecule has 1 heterocycles. The van der Waals surface area contributed by atoms with Crippen LogP contribution in [0.3, 0.4) is 0 Å². The lowest BCUT2D eigenvalue weighted by Gasteiger charge is -2.01. The fourth-order valence-corrected chi connectivity index (χ4v) is 2.87. The van der Waals surface area contributed by atoms with E-state index in [9.17, 15) is 0 Å². The summed E-state index contributed by atoms with van der Waals surface area (Å²) < 4.78 is 1.03. The Labute approximate surface area is 106 Å². The second kappa shape index (κ2) is 4.66. The van der Waals surface area contributed by atoms with Crippen LogP contribution in [0.15, 0.2) is 34.8 Å². The van der Waals surface area contributed by atoms with Crippen molar-refractivity contribution in [1.29, 1.82) is 0 Å². The fourth-order valence-electron chi connectivity index (χ4n) is 1.32. The van der Waals surface area contributed by atoms with Crippen LogP contribution in [0.5, 0.6) is 0 Å². The van der Waals surface area contributed by atoms with Crippen molar-refractivity contribution in [2.75, 3.05) is 0 Å². The first-order valence-electron chi connectivity index (χ1n) is 4.45. The first-order chi connectivity index (χ1) is 7.20. The molecule has 0 radical (unpaired) electrons. The molecule has 78 valence electrons. The molecule has 1 nitrogen and oxygen atoms in total. The Hall–Kier alpha value is -0.350. The SMILES string of the molecule is NCc1ccc(-c2cc(Br)ccc2Cl)s1. The minimum Gasteiger partial charge on any atom is -0.326 e. The second-order valence-corrected chi connectivity index (χ2v) is 5.59. The molecule has 2 N–H and O–H groups in total. The van der Waals surface area contributed by atoms with E-state index in [2.05, 4.69) is 22.0 Å². The molecular formula is C11H9BrClNS. The van der Waals surface area contributed by atoms with Crippen LogP contribution in [0.2, 0.25) is 5.02 Å². The summed E-state index contributed by atoms with van der Waals surface area (Å²) in [6.07, 6.45) is 0. The standard InChI is InChI=1S/C11H9BrClNS/c12-7-1-3-10(13)9(5-7)11-4-2-8(6-14)15-11/h1-5H,6,14H2. The molecule has 0 aliphatic rings. The molecule has 1 aromatic heterocycles. The summed E-state index contributed by atoms with van der Waals surface area (Å²) in [6.45, 7) is 0.580. The van der Waals surface area contributed by atoms with Crippen molar-refractivity contribution in [3.05, 3.63) is 44.7 Å². The van der Waals surface area contributed by atoms with E-state index >= 15 is 0 Å². The van der Waals surface area contributed by atoms with Crippen molar-refractivity contribution in [2.24, 2.45) is 5.73 Å². The van der Waals surface area contributed by atoms with Crippen LogP contribution >= 0.6 is 38.9 Å². The summed E-state index contributed by atoms with van der Waals surface area (Å²) in [5, 5.41) is 0.767. The number of nitrogens with two attached hydrogens (primary N) is 1. The van der Waals surface area contributed by atoms with Gasteiger partial charge >= 0.3 is 0 Å². The molecular weight excluding hydrogens is 294 g/mol. The van der Waals surface area contributed by atoms with Gasteiger partial charge in [0.05, 0.1) is 0 Å². The molecule has 2 aromatic rings. The lowest BCUT2D eigenvalue weighted by molar-refractivity contribution is 1.11. The third-order valence-corrected chi connectivity index (χ3v) is 4.02. The van der Waals surface area contributed by atoms with Gasteiger partial charge in [0.1, 0.15) is 0 Å². The van der Waals surface area contributed by atoms with Crippen molar-refractivity contribution in [2.45, 2.75) is 6.54 Å². The highest BCUT2D eigenvalue weighted by Crippen LogP contribution is 2.35. The van der Waals surface area contributed by atoms with Gasteiger partial charge in [0, 0.05) is 31.4 Å². The number of thiophene rings is 1. The third kappa shape index (κ3) is 2.42. The van der Waals surface area contributed by atoms with Crippen molar-refractivity contribution in [3.8, 4) is 10.4 Å². The third-order valence-electron chi connectivity index (χ3n) is 2.06. The van der Waals surface area contributed by atoms with Crippen LogP contribution in [0.25, 0.3) is 10.4 Å². The molecule has 0 aliphatic carbocycles. The van der Waals surface area contributed by atoms with Gasteiger partial charge in [-0.15, -0.1) is 11.3 Å². The van der Waals surface area contributed by atoms with Gasteiger partial charge in [-0.1, -0.05) is 27.5 Å². The fraction of sp³-hybridized carbons (Fsp3) is 0.0909. The summed E-state index contributed by atoms with van der Waals surface area (Å²) in [5.41, 5.74) is 6.63. The zero-order valence-electron chi connectivity index (χ0n) is 7.84. The van der Waals surface area contributed by atoms with Crippen LogP contribution in [0.1, 0.15) is 4.88 Å². The Morgan fingerprint density at radius 2 is 2.07 bits per heavy atom. The number of halogens is 2. The minimum absolute atomic E-state index is 0.580. The smallest absolute Gasteiger partial charge is 0.0493 e. The molecule has 0 aliphatic heterocycles. The number of benzene rings is 1. The van der Waals surface area contributed by atoms with Crippen molar-refractivity contribution in [3.63, 3.8) is 0 Å². The Morgan fingerprint density at radius 3 is 2.73 bits per heavy atom. The quantitative estimate of drug-likeness (QED) is 0.880. The maximum Gasteiger partial charge on any atom is 0.0493 e. The molecule has 0 atom stereocenters. The van der Waals surface area contributed by atoms with E-state index in [0.717, 1.165) is 19.9 Å². The largest absolute Gasteiger partial charge is 0.326 e. The first-order valence-corrected chi connectivity index (χ1v) is 6.43. The van der Waals surface area contributed by atoms with E-state index in [1.165, 1.54) is 4.88 Å². The van der Waals surface area contributed by atoms with Gasteiger partial charge in [0.25, 0.3) is 0 Å². The van der Waals surface area contributed by atoms with Gasteiger partial charge in [0.15, 0.2) is 0 Å². The van der Waals surface area contributed by atoms with Gasteiger partial charge in [-0.25, -0.2) is 0 Å². The second-order valence-electron chi connectivity index (χ2n) is 3.09. The Kier molecular flexibility index (Phi) is 3.46. The molecule has 4 heteroatoms. The van der Waals surface area contributed by atoms with E-state index in [1.54, 1.807) is 11.3 Å². The number of hydrogen-bond acceptors (Lipinski definition) is 2. The molecule has 0 spiro atoms. The first kappa shape index (κ1) is 11.1. The summed E-state index contributed by atoms with van der Waals surface area (Å²) in [5.74, 6) is 0. The monoisotopic (exact) mass is 301 g/mol. The molecule has 0 unspecified atom stereocenters. The van der Waals surface area contributed by atoms with Gasteiger partial charge in [0.2, 0.25) is 0 Å². The lowest BCUT2D eigenvalue weighted by Crippen LogP contribution is -1.90. The zero-order valence-corrected chi connectivity index (χ0v) is 11.0. The number of rotatable bonds is 2. The number of hydrogen-bond donors (Lipinski definition) is 1. The van der Waals surface area contributed by atoms with E-state index in [1.807, 2.05) is 24.3 Å². The molecule has 0 fully saturated rings. The van der Waals surface area contributed by atoms with E-state index in [4.69, 9.17) is 17.3 Å². The van der Waals surface area contributed by atoms with Crippen LogP contribution in [-0.4, -0.2) is 0 Å². The maximum absolute atomic E-state index is 6.14. The van der Waals surface area contributed by atoms with Gasteiger partial charge in [-0.05, 0) is 30.3 Å². The highest BCUT2D eigenvalue weighted by Gasteiger charge is 2.06. The predicted molar refractivity (Wildman–Crippen MR) is 70.4 cm³/mol. The summed E-state index contributed by atoms with van der Waals surface area (Å²) >= 11 is 11.3. The van der Waals surface area contributed by atoms with E-state index < -0.39 is 0 Å². The predicted octanol–water partition coefficient (Wildman–Crippen LogP) is 4.29. The Morgan fingerprint density at radius 1 is 1.27 bits per heavy atom. The van der Waals surface area contributed by atoms with E-state index in [-0.39, 0.29) is 0 Å². The normalized spacial score (nSPS) is 10.6. The highest BCUT2D eigenvalue weighted by atomic mass is 79.9. The summed E-state index contributed by atoms with van der Waals surface area (Å²) in [7, 11) is 0. The maximum atomic E-state index is 6.14. The summed E-state index contributed by atoms with van der Waals surface area (Å²) in [6, 6.07) is 9.94. The van der Waals surface area contributed by atoms with Crippen molar-refractivity contribution < 1.29 is 0 Å². The van der Waals surface area contributed by atoms with Gasteiger partial charge in [-0.3, -0.25) is 0 Å². The molecule has 0 saturated carbocycles. The van der Waals surface area contributed by atoms with Crippen LogP contribution in [0.4, 0.5) is 0 Å². The topological polar surface area (TPSA) is 26.0 Å². The van der Waals surface area contributed by atoms with Crippen molar-refractivity contribution >= 4 is 38.9 Å². The van der Waals surface area contributed by atoms with E-state index in [0.29, 0.717) is 6.54 Å². The van der Waals surface area contributed by atoms with Crippen LogP contribution < -0.4 is 5.73 Å². The highest BCUT2D eigenvalue weighted by molar-refractivity contribution is 9.10. The van der Waals surface area contributed by atoms with Crippen LogP contribution in [0, 0.1) is 0 Å². The minimum atomic E-state index is 0.580. The van der Waals surface area contributed by atoms with Crippen LogP contribution in [-0.2, 0) is 6.54 Å². The lowest BCUT2D eigenvalue weighted by atomic mass is 10.2. The molecule has 1 aromatic carbocycles. The average Bonchev–Trinajstić information content (AvgIpc) is 2.70.